The van der Waals surface area contributed by atoms with Gasteiger partial charge < -0.3 is 10.5 Å². The van der Waals surface area contributed by atoms with E-state index in [0.29, 0.717) is 22.8 Å². The zero-order chi connectivity index (χ0) is 15.4. The molecule has 0 saturated heterocycles. The fraction of sp³-hybridized carbons (Fsp3) is 0.250. The maximum Gasteiger partial charge on any atom is 0.126 e. The zero-order valence-corrected chi connectivity index (χ0v) is 12.3. The van der Waals surface area contributed by atoms with Crippen molar-refractivity contribution in [1.29, 1.82) is 0 Å². The third-order valence-electron chi connectivity index (χ3n) is 3.11. The average Bonchev–Trinajstić information content (AvgIpc) is 2.37. The van der Waals surface area contributed by atoms with Crippen LogP contribution in [0.4, 0.5) is 8.78 Å². The molecule has 2 aromatic carbocycles. The van der Waals surface area contributed by atoms with Crippen molar-refractivity contribution in [3.63, 3.8) is 0 Å². The maximum absolute atomic E-state index is 13.1. The molecule has 0 heterocycles. The van der Waals surface area contributed by atoms with Crippen LogP contribution in [0.1, 0.15) is 12.5 Å². The van der Waals surface area contributed by atoms with Crippen molar-refractivity contribution in [3.8, 4) is 5.75 Å². The van der Waals surface area contributed by atoms with Crippen LogP contribution < -0.4 is 10.5 Å². The molecule has 2 nitrogen and oxygen atoms in total. The maximum atomic E-state index is 13.1. The average molecular weight is 312 g/mol. The Labute approximate surface area is 127 Å². The molecular weight excluding hydrogens is 296 g/mol. The second kappa shape index (κ2) is 6.87. The molecule has 0 amide bonds. The highest BCUT2D eigenvalue weighted by molar-refractivity contribution is 6.30. The second-order valence-electron chi connectivity index (χ2n) is 4.93. The van der Waals surface area contributed by atoms with E-state index >= 15 is 0 Å². The Morgan fingerprint density at radius 3 is 2.43 bits per heavy atom. The van der Waals surface area contributed by atoms with Crippen molar-refractivity contribution in [2.45, 2.75) is 25.5 Å². The molecule has 21 heavy (non-hydrogen) atoms. The van der Waals surface area contributed by atoms with Crippen molar-refractivity contribution in [2.24, 2.45) is 5.73 Å². The first-order valence-electron chi connectivity index (χ1n) is 6.57. The number of halogens is 3. The summed E-state index contributed by atoms with van der Waals surface area (Å²) in [5.41, 5.74) is 6.53. The van der Waals surface area contributed by atoms with Crippen LogP contribution in [-0.2, 0) is 6.42 Å². The summed E-state index contributed by atoms with van der Waals surface area (Å²) >= 11 is 5.88. The molecule has 2 rings (SSSR count). The minimum absolute atomic E-state index is 0.316. The van der Waals surface area contributed by atoms with E-state index in [-0.39, 0.29) is 6.10 Å². The molecule has 5 heteroatoms. The molecule has 0 bridgehead atoms. The van der Waals surface area contributed by atoms with Crippen LogP contribution in [0.3, 0.4) is 0 Å². The number of hydrogen-bond donors (Lipinski definition) is 1. The minimum atomic E-state index is -0.611. The Morgan fingerprint density at radius 2 is 1.81 bits per heavy atom. The van der Waals surface area contributed by atoms with E-state index in [1.807, 2.05) is 0 Å². The topological polar surface area (TPSA) is 35.2 Å². The molecule has 0 aromatic heterocycles. The van der Waals surface area contributed by atoms with Gasteiger partial charge in [-0.1, -0.05) is 17.7 Å². The molecule has 2 unspecified atom stereocenters. The highest BCUT2D eigenvalue weighted by Gasteiger charge is 2.16. The molecule has 112 valence electrons. The normalized spacial score (nSPS) is 13.8. The lowest BCUT2D eigenvalue weighted by molar-refractivity contribution is 0.189. The molecule has 0 fully saturated rings. The summed E-state index contributed by atoms with van der Waals surface area (Å²) in [7, 11) is 0. The number of rotatable bonds is 5. The van der Waals surface area contributed by atoms with E-state index in [2.05, 4.69) is 0 Å². The molecule has 0 saturated carbocycles. The molecule has 0 aliphatic carbocycles. The first-order valence-corrected chi connectivity index (χ1v) is 6.94. The summed E-state index contributed by atoms with van der Waals surface area (Å²) in [5, 5.41) is 0.570. The predicted octanol–water partition coefficient (Wildman–Crippen LogP) is 3.96. The van der Waals surface area contributed by atoms with Crippen LogP contribution in [-0.4, -0.2) is 12.1 Å². The molecule has 2 aromatic rings. The number of hydrogen-bond acceptors (Lipinski definition) is 2. The van der Waals surface area contributed by atoms with Crippen molar-refractivity contribution in [2.75, 3.05) is 0 Å². The van der Waals surface area contributed by atoms with Gasteiger partial charge in [0.2, 0.25) is 0 Å². The van der Waals surface area contributed by atoms with Gasteiger partial charge in [0.15, 0.2) is 0 Å². The van der Waals surface area contributed by atoms with Crippen molar-refractivity contribution < 1.29 is 13.5 Å². The number of benzene rings is 2. The fourth-order valence-electron chi connectivity index (χ4n) is 2.01. The minimum Gasteiger partial charge on any atom is -0.489 e. The van der Waals surface area contributed by atoms with Gasteiger partial charge in [0.25, 0.3) is 0 Å². The van der Waals surface area contributed by atoms with Crippen LogP contribution in [0.2, 0.25) is 5.02 Å². The van der Waals surface area contributed by atoms with Gasteiger partial charge in [-0.25, -0.2) is 8.78 Å². The molecule has 0 spiro atoms. The van der Waals surface area contributed by atoms with E-state index in [1.54, 1.807) is 31.2 Å². The van der Waals surface area contributed by atoms with Crippen LogP contribution in [0.25, 0.3) is 0 Å². The van der Waals surface area contributed by atoms with Gasteiger partial charge >= 0.3 is 0 Å². The molecule has 0 aliphatic rings. The summed E-state index contributed by atoms with van der Waals surface area (Å²) < 4.78 is 32.0. The highest BCUT2D eigenvalue weighted by Crippen LogP contribution is 2.19. The highest BCUT2D eigenvalue weighted by atomic mass is 35.5. The monoisotopic (exact) mass is 311 g/mol. The first-order chi connectivity index (χ1) is 9.94. The SMILES string of the molecule is CC(Oc1cccc(Cl)c1)C(N)Cc1cc(F)cc(F)c1. The van der Waals surface area contributed by atoms with Crippen LogP contribution in [0.15, 0.2) is 42.5 Å². The lowest BCUT2D eigenvalue weighted by atomic mass is 10.0. The molecule has 0 aliphatic heterocycles. The van der Waals surface area contributed by atoms with E-state index < -0.39 is 17.7 Å². The van der Waals surface area contributed by atoms with Gasteiger partial charge in [-0.3, -0.25) is 0 Å². The van der Waals surface area contributed by atoms with Crippen molar-refractivity contribution >= 4 is 11.6 Å². The summed E-state index contributed by atoms with van der Waals surface area (Å²) in [6, 6.07) is 9.96. The molecule has 2 atom stereocenters. The Hall–Kier alpha value is -1.65. The molecule has 0 radical (unpaired) electrons. The lowest BCUT2D eigenvalue weighted by Crippen LogP contribution is -2.38. The lowest BCUT2D eigenvalue weighted by Gasteiger charge is -2.21. The first kappa shape index (κ1) is 15.7. The largest absolute Gasteiger partial charge is 0.489 e. The van der Waals surface area contributed by atoms with Gasteiger partial charge in [0.05, 0.1) is 0 Å². The van der Waals surface area contributed by atoms with E-state index in [1.165, 1.54) is 12.1 Å². The smallest absolute Gasteiger partial charge is 0.126 e. The van der Waals surface area contributed by atoms with Gasteiger partial charge in [0, 0.05) is 17.1 Å². The summed E-state index contributed by atoms with van der Waals surface area (Å²) in [5.74, 6) is -0.614. The van der Waals surface area contributed by atoms with Gasteiger partial charge in [-0.05, 0) is 49.2 Å². The number of ether oxygens (including phenoxy) is 1. The van der Waals surface area contributed by atoms with Crippen molar-refractivity contribution in [1.82, 2.24) is 0 Å². The van der Waals surface area contributed by atoms with Crippen LogP contribution >= 0.6 is 11.6 Å². The predicted molar refractivity (Wildman–Crippen MR) is 79.6 cm³/mol. The van der Waals surface area contributed by atoms with Gasteiger partial charge in [-0.15, -0.1) is 0 Å². The Morgan fingerprint density at radius 1 is 1.14 bits per heavy atom. The Balaban J connectivity index is 2.00. The third-order valence-corrected chi connectivity index (χ3v) is 3.35. The van der Waals surface area contributed by atoms with Gasteiger partial charge in [0.1, 0.15) is 23.5 Å². The standard InChI is InChI=1S/C16H16ClF2NO/c1-10(21-15-4-2-3-12(17)8-15)16(20)7-11-5-13(18)9-14(19)6-11/h2-6,8-10,16H,7,20H2,1H3. The van der Waals surface area contributed by atoms with E-state index in [0.717, 1.165) is 6.07 Å². The molecular formula is C16H16ClF2NO. The second-order valence-corrected chi connectivity index (χ2v) is 5.36. The van der Waals surface area contributed by atoms with Gasteiger partial charge in [-0.2, -0.15) is 0 Å². The Kier molecular flexibility index (Phi) is 5.15. The molecule has 2 N–H and O–H groups in total. The fourth-order valence-corrected chi connectivity index (χ4v) is 2.19. The third kappa shape index (κ3) is 4.69. The van der Waals surface area contributed by atoms with Crippen molar-refractivity contribution in [3.05, 3.63) is 64.7 Å². The summed E-state index contributed by atoms with van der Waals surface area (Å²) in [6.45, 7) is 1.81. The Bertz CT molecular complexity index is 601. The van der Waals surface area contributed by atoms with E-state index in [9.17, 15) is 8.78 Å². The van der Waals surface area contributed by atoms with E-state index in [4.69, 9.17) is 22.1 Å². The summed E-state index contributed by atoms with van der Waals surface area (Å²) in [6.07, 6.45) is -0.00838. The van der Waals surface area contributed by atoms with Crippen LogP contribution in [0.5, 0.6) is 5.75 Å². The van der Waals surface area contributed by atoms with Crippen LogP contribution in [0, 0.1) is 11.6 Å². The zero-order valence-electron chi connectivity index (χ0n) is 11.5. The quantitative estimate of drug-likeness (QED) is 0.907. The number of nitrogens with two attached hydrogens (primary N) is 1. The summed E-state index contributed by atoms with van der Waals surface area (Å²) in [4.78, 5) is 0.